The third-order valence-electron chi connectivity index (χ3n) is 3.71. The van der Waals surface area contributed by atoms with E-state index >= 15 is 0 Å². The summed E-state index contributed by atoms with van der Waals surface area (Å²) < 4.78 is 21.0. The van der Waals surface area contributed by atoms with Crippen LogP contribution in [0.25, 0.3) is 5.52 Å². The molecule has 0 aromatic carbocycles. The second-order valence-corrected chi connectivity index (χ2v) is 7.71. The van der Waals surface area contributed by atoms with Crippen LogP contribution < -0.4 is 5.32 Å². The molecule has 139 valence electrons. The summed E-state index contributed by atoms with van der Waals surface area (Å²) in [5.41, 5.74) is -0.198. The Morgan fingerprint density at radius 1 is 1.50 bits per heavy atom. The summed E-state index contributed by atoms with van der Waals surface area (Å²) in [6.07, 6.45) is 3.81. The molecule has 1 saturated heterocycles. The molecule has 1 atom stereocenters. The van der Waals surface area contributed by atoms with Crippen LogP contribution in [-0.2, 0) is 37.4 Å². The van der Waals surface area contributed by atoms with Crippen molar-refractivity contribution in [3.05, 3.63) is 29.1 Å². The number of amides is 1. The quantitative estimate of drug-likeness (QED) is 0.639. The van der Waals surface area contributed by atoms with Crippen molar-refractivity contribution in [2.45, 2.75) is 38.8 Å². The van der Waals surface area contributed by atoms with Gasteiger partial charge in [-0.25, -0.2) is 18.7 Å². The molecule has 10 heteroatoms. The number of ether oxygens (including phenoxy) is 1. The van der Waals surface area contributed by atoms with Gasteiger partial charge < -0.3 is 15.0 Å². The van der Waals surface area contributed by atoms with Crippen molar-refractivity contribution in [3.8, 4) is 0 Å². The van der Waals surface area contributed by atoms with Crippen LogP contribution in [0.15, 0.2) is 16.9 Å². The number of hydrogen-bond donors (Lipinski definition) is 1. The molecule has 0 aliphatic carbocycles. The van der Waals surface area contributed by atoms with Gasteiger partial charge in [-0.05, 0) is 43.1 Å². The third kappa shape index (κ3) is 5.13. The van der Waals surface area contributed by atoms with Crippen molar-refractivity contribution < 1.29 is 46.6 Å². The zero-order valence-corrected chi connectivity index (χ0v) is 19.3. The second-order valence-electron chi connectivity index (χ2n) is 6.90. The first-order valence-corrected chi connectivity index (χ1v) is 8.80. The van der Waals surface area contributed by atoms with Gasteiger partial charge >= 0.3 is 6.09 Å². The van der Waals surface area contributed by atoms with Crippen LogP contribution >= 0.6 is 15.9 Å². The van der Waals surface area contributed by atoms with Crippen LogP contribution in [0.4, 0.5) is 15.1 Å². The molecule has 1 N–H and O–H groups in total. The molecule has 0 spiro atoms. The van der Waals surface area contributed by atoms with Gasteiger partial charge in [-0.3, -0.25) is 6.42 Å². The van der Waals surface area contributed by atoms with E-state index in [-0.39, 0.29) is 50.7 Å². The summed E-state index contributed by atoms with van der Waals surface area (Å²) in [5, 5.41) is 7.47. The number of hydrogen-bond acceptors (Lipinski definition) is 5. The van der Waals surface area contributed by atoms with Crippen molar-refractivity contribution in [3.63, 3.8) is 0 Å². The number of rotatable bonds is 2. The van der Waals surface area contributed by atoms with Gasteiger partial charge in [0.15, 0.2) is 5.82 Å². The number of likely N-dealkylation sites (tertiary alicyclic amines) is 1. The van der Waals surface area contributed by atoms with E-state index in [1.165, 1.54) is 16.8 Å². The molecule has 1 aliphatic heterocycles. The maximum Gasteiger partial charge on any atom is 0.407 e. The fraction of sp³-hybridized carbons (Fsp3) is 0.500. The van der Waals surface area contributed by atoms with Gasteiger partial charge in [0.25, 0.3) is 0 Å². The summed E-state index contributed by atoms with van der Waals surface area (Å²) in [5.74, 6) is 0.0198. The van der Waals surface area contributed by atoms with E-state index in [2.05, 4.69) is 31.3 Å². The normalized spacial score (nSPS) is 17.7. The minimum Gasteiger partial charge on any atom is -0.444 e. The number of fused-ring (bicyclic) bond motifs is 1. The molecule has 3 heterocycles. The molecule has 0 saturated carbocycles. The van der Waals surface area contributed by atoms with Crippen LogP contribution in [0, 0.1) is 12.2 Å². The van der Waals surface area contributed by atoms with Crippen molar-refractivity contribution in [1.82, 2.24) is 19.5 Å². The maximum absolute atomic E-state index is 13.6. The molecule has 3 rings (SSSR count). The molecular weight excluding hydrogens is 482 g/mol. The Labute approximate surface area is 185 Å². The first-order valence-electron chi connectivity index (χ1n) is 8.00. The van der Waals surface area contributed by atoms with Gasteiger partial charge in [-0.15, -0.1) is 5.10 Å². The molecular formula is C16H20BrFN5O2Y-. The fourth-order valence-electron chi connectivity index (χ4n) is 2.53. The second kappa shape index (κ2) is 8.48. The summed E-state index contributed by atoms with van der Waals surface area (Å²) in [4.78, 5) is 17.9. The minimum atomic E-state index is -0.505. The SMILES string of the molecule is CC(C)(C)OC(=O)N1C[CH-][C@H](Nc2ncc3c(F)cc(Br)n3n2)CC1.[Y]. The number of aromatic nitrogens is 3. The standard InChI is InChI=1S/C16H20BrFN5O2.Y/c1-16(2,3)25-15(24)22-6-4-10(5-7-22)20-14-19-9-12-11(18)8-13(17)23(12)21-14;/h4,8-10H,5-7H2,1-3H3,(H,20,21);/q-1;/t10-;/m0./s1. The molecule has 1 aliphatic rings. The molecule has 26 heavy (non-hydrogen) atoms. The first kappa shape index (κ1) is 21.5. The Balaban J connectivity index is 0.00000243. The first-order chi connectivity index (χ1) is 11.7. The van der Waals surface area contributed by atoms with E-state index in [1.54, 1.807) is 4.90 Å². The Bertz CT molecular complexity index is 787. The topological polar surface area (TPSA) is 71.8 Å². The van der Waals surface area contributed by atoms with Crippen LogP contribution in [0.5, 0.6) is 0 Å². The van der Waals surface area contributed by atoms with E-state index < -0.39 is 5.60 Å². The molecule has 0 bridgehead atoms. The van der Waals surface area contributed by atoms with Crippen LogP contribution in [0.3, 0.4) is 0 Å². The smallest absolute Gasteiger partial charge is 0.407 e. The molecule has 0 unspecified atom stereocenters. The molecule has 1 amide bonds. The number of nitrogens with one attached hydrogen (secondary N) is 1. The van der Waals surface area contributed by atoms with Gasteiger partial charge in [0, 0.05) is 45.3 Å². The monoisotopic (exact) mass is 501 g/mol. The predicted octanol–water partition coefficient (Wildman–Crippen LogP) is 3.25. The molecule has 1 fully saturated rings. The fourth-order valence-corrected chi connectivity index (χ4v) is 3.00. The largest absolute Gasteiger partial charge is 0.444 e. The number of nitrogens with zero attached hydrogens (tertiary/aromatic N) is 4. The molecule has 2 aromatic heterocycles. The van der Waals surface area contributed by atoms with E-state index in [4.69, 9.17) is 4.74 Å². The number of anilines is 1. The van der Waals surface area contributed by atoms with Crippen molar-refractivity contribution in [2.24, 2.45) is 0 Å². The number of halogens is 2. The van der Waals surface area contributed by atoms with E-state index in [0.29, 0.717) is 35.6 Å². The Morgan fingerprint density at radius 2 is 2.23 bits per heavy atom. The van der Waals surface area contributed by atoms with Crippen molar-refractivity contribution in [2.75, 3.05) is 18.4 Å². The summed E-state index contributed by atoms with van der Waals surface area (Å²) in [6, 6.07) is 1.37. The van der Waals surface area contributed by atoms with Crippen LogP contribution in [0.2, 0.25) is 0 Å². The van der Waals surface area contributed by atoms with Crippen LogP contribution in [0.1, 0.15) is 27.2 Å². The molecule has 2 aromatic rings. The molecule has 1 radical (unpaired) electrons. The van der Waals surface area contributed by atoms with Gasteiger partial charge in [-0.1, -0.05) is 12.6 Å². The zero-order valence-electron chi connectivity index (χ0n) is 14.9. The zero-order chi connectivity index (χ0) is 18.2. The average molecular weight is 502 g/mol. The Hall–Kier alpha value is -0.796. The van der Waals surface area contributed by atoms with Crippen molar-refractivity contribution in [1.29, 1.82) is 0 Å². The van der Waals surface area contributed by atoms with Gasteiger partial charge in [-0.2, -0.15) is 0 Å². The summed E-state index contributed by atoms with van der Waals surface area (Å²) in [6.45, 7) is 6.60. The van der Waals surface area contributed by atoms with E-state index in [0.717, 1.165) is 0 Å². The Morgan fingerprint density at radius 3 is 2.85 bits per heavy atom. The van der Waals surface area contributed by atoms with Gasteiger partial charge in [0.1, 0.15) is 15.7 Å². The predicted molar refractivity (Wildman–Crippen MR) is 94.8 cm³/mol. The third-order valence-corrected chi connectivity index (χ3v) is 4.28. The summed E-state index contributed by atoms with van der Waals surface area (Å²) in [7, 11) is 0. The van der Waals surface area contributed by atoms with E-state index in [1.807, 2.05) is 27.2 Å². The number of carbonyl (C=O) groups excluding carboxylic acids is 1. The Kier molecular flexibility index (Phi) is 7.01. The van der Waals surface area contributed by atoms with Gasteiger partial charge in [0.05, 0.1) is 6.20 Å². The summed E-state index contributed by atoms with van der Waals surface area (Å²) >= 11 is 3.26. The van der Waals surface area contributed by atoms with Crippen LogP contribution in [-0.4, -0.2) is 50.3 Å². The van der Waals surface area contributed by atoms with Crippen molar-refractivity contribution >= 4 is 33.5 Å². The maximum atomic E-state index is 13.6. The van der Waals surface area contributed by atoms with Gasteiger partial charge in [0.2, 0.25) is 5.95 Å². The minimum absolute atomic E-state index is 0. The number of carbonyl (C=O) groups is 1. The average Bonchev–Trinajstić information content (AvgIpc) is 2.81. The molecule has 7 nitrogen and oxygen atoms in total. The number of piperidine rings is 1. The van der Waals surface area contributed by atoms with E-state index in [9.17, 15) is 9.18 Å².